The molecule has 1 aliphatic carbocycles. The van der Waals surface area contributed by atoms with Gasteiger partial charge in [-0.1, -0.05) is 32.0 Å². The van der Waals surface area contributed by atoms with Crippen LogP contribution in [0, 0.1) is 5.41 Å². The summed E-state index contributed by atoms with van der Waals surface area (Å²) in [6.07, 6.45) is 10.8. The standard InChI is InChI=1S/C14H26N2S/c1-2-12(11-13(15)17)16-9-7-14(8-10-16)5-3-4-6-14/h12H,2-11H2,1H3,(H2,15,17). The number of nitrogens with zero attached hydrogens (tertiary/aromatic N) is 1. The molecule has 1 saturated carbocycles. The number of thiocarbonyl (C=S) groups is 1. The van der Waals surface area contributed by atoms with Crippen LogP contribution in [0.4, 0.5) is 0 Å². The van der Waals surface area contributed by atoms with Crippen LogP contribution in [-0.4, -0.2) is 29.0 Å². The van der Waals surface area contributed by atoms with Gasteiger partial charge in [-0.15, -0.1) is 0 Å². The third-order valence-corrected chi connectivity index (χ3v) is 5.11. The van der Waals surface area contributed by atoms with Gasteiger partial charge in [-0.05, 0) is 50.6 Å². The second kappa shape index (κ2) is 5.66. The molecule has 1 atom stereocenters. The lowest BCUT2D eigenvalue weighted by Crippen LogP contribution is -2.45. The summed E-state index contributed by atoms with van der Waals surface area (Å²) in [5.74, 6) is 0. The highest BCUT2D eigenvalue weighted by atomic mass is 32.1. The second-order valence-corrected chi connectivity index (χ2v) is 6.50. The van der Waals surface area contributed by atoms with Crippen LogP contribution in [0.25, 0.3) is 0 Å². The number of hydrogen-bond donors (Lipinski definition) is 1. The molecule has 1 heterocycles. The van der Waals surface area contributed by atoms with Gasteiger partial charge in [-0.3, -0.25) is 4.90 Å². The summed E-state index contributed by atoms with van der Waals surface area (Å²) in [4.78, 5) is 3.31. The first kappa shape index (κ1) is 13.3. The van der Waals surface area contributed by atoms with Gasteiger partial charge in [0.15, 0.2) is 0 Å². The Bertz CT molecular complexity index is 261. The SMILES string of the molecule is CCC(CC(N)=S)N1CCC2(CCCC2)CC1. The van der Waals surface area contributed by atoms with E-state index in [1.54, 1.807) is 0 Å². The van der Waals surface area contributed by atoms with Crippen LogP contribution < -0.4 is 5.73 Å². The Balaban J connectivity index is 1.86. The molecule has 3 heteroatoms. The normalized spacial score (nSPS) is 26.2. The topological polar surface area (TPSA) is 29.3 Å². The fraction of sp³-hybridized carbons (Fsp3) is 0.929. The van der Waals surface area contributed by atoms with Crippen molar-refractivity contribution >= 4 is 17.2 Å². The smallest absolute Gasteiger partial charge is 0.0743 e. The van der Waals surface area contributed by atoms with E-state index in [0.29, 0.717) is 11.0 Å². The zero-order chi connectivity index (χ0) is 12.3. The summed E-state index contributed by atoms with van der Waals surface area (Å²) in [7, 11) is 0. The van der Waals surface area contributed by atoms with Gasteiger partial charge in [0.2, 0.25) is 0 Å². The molecule has 2 N–H and O–H groups in total. The van der Waals surface area contributed by atoms with E-state index >= 15 is 0 Å². The molecule has 2 aliphatic rings. The molecule has 0 bridgehead atoms. The average Bonchev–Trinajstić information content (AvgIpc) is 2.76. The van der Waals surface area contributed by atoms with Crippen molar-refractivity contribution in [3.8, 4) is 0 Å². The van der Waals surface area contributed by atoms with Crippen molar-refractivity contribution in [3.05, 3.63) is 0 Å². The highest BCUT2D eigenvalue weighted by molar-refractivity contribution is 7.80. The first-order valence-corrected chi connectivity index (χ1v) is 7.58. The highest BCUT2D eigenvalue weighted by Gasteiger charge is 2.37. The van der Waals surface area contributed by atoms with Crippen LogP contribution in [-0.2, 0) is 0 Å². The Morgan fingerprint density at radius 3 is 2.29 bits per heavy atom. The van der Waals surface area contributed by atoms with Gasteiger partial charge in [-0.2, -0.15) is 0 Å². The van der Waals surface area contributed by atoms with E-state index in [-0.39, 0.29) is 0 Å². The van der Waals surface area contributed by atoms with Crippen LogP contribution in [0.2, 0.25) is 0 Å². The first-order valence-electron chi connectivity index (χ1n) is 7.17. The minimum atomic E-state index is 0.589. The highest BCUT2D eigenvalue weighted by Crippen LogP contribution is 2.46. The quantitative estimate of drug-likeness (QED) is 0.782. The Labute approximate surface area is 111 Å². The van der Waals surface area contributed by atoms with E-state index in [1.165, 1.54) is 58.0 Å². The summed E-state index contributed by atoms with van der Waals surface area (Å²) >= 11 is 5.06. The van der Waals surface area contributed by atoms with Gasteiger partial charge in [0.05, 0.1) is 4.99 Å². The van der Waals surface area contributed by atoms with Crippen LogP contribution in [0.3, 0.4) is 0 Å². The van der Waals surface area contributed by atoms with Crippen molar-refractivity contribution in [3.63, 3.8) is 0 Å². The number of nitrogens with two attached hydrogens (primary N) is 1. The maximum Gasteiger partial charge on any atom is 0.0743 e. The molecule has 1 spiro atoms. The van der Waals surface area contributed by atoms with Gasteiger partial charge in [0.25, 0.3) is 0 Å². The van der Waals surface area contributed by atoms with E-state index in [2.05, 4.69) is 11.8 Å². The minimum Gasteiger partial charge on any atom is -0.393 e. The molecule has 0 aromatic rings. The summed E-state index contributed by atoms with van der Waals surface area (Å²) in [5, 5.41) is 0. The lowest BCUT2D eigenvalue weighted by Gasteiger charge is -2.42. The maximum atomic E-state index is 5.70. The molecule has 2 fully saturated rings. The van der Waals surface area contributed by atoms with E-state index in [4.69, 9.17) is 18.0 Å². The number of rotatable bonds is 4. The lowest BCUT2D eigenvalue weighted by molar-refractivity contribution is 0.0765. The summed E-state index contributed by atoms with van der Waals surface area (Å²) < 4.78 is 0. The molecule has 2 rings (SSSR count). The monoisotopic (exact) mass is 254 g/mol. The van der Waals surface area contributed by atoms with E-state index < -0.39 is 0 Å². The lowest BCUT2D eigenvalue weighted by atomic mass is 9.76. The predicted molar refractivity (Wildman–Crippen MR) is 77.2 cm³/mol. The molecule has 0 aromatic heterocycles. The fourth-order valence-corrected chi connectivity index (χ4v) is 3.94. The van der Waals surface area contributed by atoms with Crippen LogP contribution >= 0.6 is 12.2 Å². The molecule has 1 aliphatic heterocycles. The van der Waals surface area contributed by atoms with Crippen molar-refractivity contribution in [1.82, 2.24) is 4.90 Å². The average molecular weight is 254 g/mol. The molecule has 2 nitrogen and oxygen atoms in total. The molecule has 17 heavy (non-hydrogen) atoms. The third kappa shape index (κ3) is 3.19. The number of likely N-dealkylation sites (tertiary alicyclic amines) is 1. The minimum absolute atomic E-state index is 0.589. The van der Waals surface area contributed by atoms with Gasteiger partial charge in [-0.25, -0.2) is 0 Å². The molecule has 1 unspecified atom stereocenters. The van der Waals surface area contributed by atoms with Gasteiger partial charge >= 0.3 is 0 Å². The van der Waals surface area contributed by atoms with Gasteiger partial charge < -0.3 is 5.73 Å². The Hall–Kier alpha value is -0.150. The van der Waals surface area contributed by atoms with Gasteiger partial charge in [0, 0.05) is 12.5 Å². The van der Waals surface area contributed by atoms with Crippen molar-refractivity contribution in [2.75, 3.05) is 13.1 Å². The molecule has 98 valence electrons. The summed E-state index contributed by atoms with van der Waals surface area (Å²) in [6, 6.07) is 0.589. The molecule has 0 aromatic carbocycles. The zero-order valence-corrected chi connectivity index (χ0v) is 11.9. The third-order valence-electron chi connectivity index (χ3n) is 4.95. The second-order valence-electron chi connectivity index (χ2n) is 5.98. The number of piperidine rings is 1. The molecule has 1 saturated heterocycles. The Morgan fingerprint density at radius 2 is 1.82 bits per heavy atom. The molecular weight excluding hydrogens is 228 g/mol. The Morgan fingerprint density at radius 1 is 1.24 bits per heavy atom. The van der Waals surface area contributed by atoms with E-state index in [0.717, 1.165) is 11.8 Å². The molecule has 0 amide bonds. The largest absolute Gasteiger partial charge is 0.393 e. The summed E-state index contributed by atoms with van der Waals surface area (Å²) in [6.45, 7) is 4.78. The number of hydrogen-bond acceptors (Lipinski definition) is 2. The maximum absolute atomic E-state index is 5.70. The van der Waals surface area contributed by atoms with E-state index in [9.17, 15) is 0 Å². The van der Waals surface area contributed by atoms with Crippen LogP contribution in [0.5, 0.6) is 0 Å². The van der Waals surface area contributed by atoms with E-state index in [1.807, 2.05) is 0 Å². The zero-order valence-electron chi connectivity index (χ0n) is 11.1. The fourth-order valence-electron chi connectivity index (χ4n) is 3.75. The Kier molecular flexibility index (Phi) is 4.42. The van der Waals surface area contributed by atoms with Crippen molar-refractivity contribution < 1.29 is 0 Å². The molecular formula is C14H26N2S. The molecule has 0 radical (unpaired) electrons. The van der Waals surface area contributed by atoms with Gasteiger partial charge in [0.1, 0.15) is 0 Å². The van der Waals surface area contributed by atoms with Crippen LogP contribution in [0.1, 0.15) is 58.3 Å². The van der Waals surface area contributed by atoms with Crippen molar-refractivity contribution in [2.24, 2.45) is 11.1 Å². The van der Waals surface area contributed by atoms with Crippen molar-refractivity contribution in [1.29, 1.82) is 0 Å². The van der Waals surface area contributed by atoms with Crippen LogP contribution in [0.15, 0.2) is 0 Å². The first-order chi connectivity index (χ1) is 8.15. The summed E-state index contributed by atoms with van der Waals surface area (Å²) in [5.41, 5.74) is 6.42. The van der Waals surface area contributed by atoms with Crippen molar-refractivity contribution in [2.45, 2.75) is 64.3 Å². The predicted octanol–water partition coefficient (Wildman–Crippen LogP) is 3.10.